The van der Waals surface area contributed by atoms with Crippen molar-refractivity contribution in [3.05, 3.63) is 0 Å². The topological polar surface area (TPSA) is 21.3 Å². The van der Waals surface area contributed by atoms with E-state index in [1.807, 2.05) is 0 Å². The quantitative estimate of drug-likeness (QED) is 0.800. The summed E-state index contributed by atoms with van der Waals surface area (Å²) in [6.45, 7) is 5.40. The summed E-state index contributed by atoms with van der Waals surface area (Å²) in [5, 5.41) is 4.69. The van der Waals surface area contributed by atoms with Gasteiger partial charge in [-0.25, -0.2) is 0 Å². The Hall–Kier alpha value is 0.270. The van der Waals surface area contributed by atoms with E-state index in [0.717, 1.165) is 17.9 Å². The van der Waals surface area contributed by atoms with Gasteiger partial charge in [-0.15, -0.1) is 0 Å². The Bertz CT molecular complexity index is 200. The van der Waals surface area contributed by atoms with E-state index < -0.39 is 0 Å². The van der Waals surface area contributed by atoms with Gasteiger partial charge in [-0.1, -0.05) is 6.92 Å². The van der Waals surface area contributed by atoms with Gasteiger partial charge in [0.2, 0.25) is 0 Å². The van der Waals surface area contributed by atoms with Gasteiger partial charge in [0.1, 0.15) is 0 Å². The summed E-state index contributed by atoms with van der Waals surface area (Å²) in [4.78, 5) is 0. The Labute approximate surface area is 97.5 Å². The lowest BCUT2D eigenvalue weighted by molar-refractivity contribution is 0.111. The fourth-order valence-corrected chi connectivity index (χ4v) is 3.87. The van der Waals surface area contributed by atoms with Gasteiger partial charge < -0.3 is 10.1 Å². The average molecular weight is 229 g/mol. The predicted molar refractivity (Wildman–Crippen MR) is 66.5 cm³/mol. The maximum atomic E-state index is 5.58. The Balaban J connectivity index is 1.72. The fourth-order valence-electron chi connectivity index (χ4n) is 2.73. The van der Waals surface area contributed by atoms with Gasteiger partial charge in [-0.3, -0.25) is 0 Å². The van der Waals surface area contributed by atoms with E-state index >= 15 is 0 Å². The summed E-state index contributed by atoms with van der Waals surface area (Å²) < 4.78 is 5.58. The third-order valence-corrected chi connectivity index (χ3v) is 4.85. The van der Waals surface area contributed by atoms with Crippen LogP contribution < -0.4 is 5.32 Å². The maximum Gasteiger partial charge on any atom is 0.0700 e. The Morgan fingerprint density at radius 3 is 2.87 bits per heavy atom. The molecule has 0 radical (unpaired) electrons. The van der Waals surface area contributed by atoms with E-state index in [1.54, 1.807) is 0 Å². The molecule has 15 heavy (non-hydrogen) atoms. The molecule has 3 heteroatoms. The average Bonchev–Trinajstić information content (AvgIpc) is 2.79. The van der Waals surface area contributed by atoms with Crippen molar-refractivity contribution in [2.45, 2.75) is 63.0 Å². The summed E-state index contributed by atoms with van der Waals surface area (Å²) in [5.74, 6) is 1.26. The number of nitrogens with one attached hydrogen (secondary N) is 1. The minimum atomic E-state index is 0.419. The van der Waals surface area contributed by atoms with Crippen LogP contribution in [0.15, 0.2) is 0 Å². The number of rotatable bonds is 4. The van der Waals surface area contributed by atoms with Crippen molar-refractivity contribution < 1.29 is 4.74 Å². The van der Waals surface area contributed by atoms with Crippen LogP contribution >= 0.6 is 11.8 Å². The van der Waals surface area contributed by atoms with E-state index in [4.69, 9.17) is 4.74 Å². The molecule has 0 spiro atoms. The van der Waals surface area contributed by atoms with Crippen LogP contribution in [0.2, 0.25) is 0 Å². The Morgan fingerprint density at radius 1 is 1.33 bits per heavy atom. The molecule has 1 heterocycles. The zero-order valence-corrected chi connectivity index (χ0v) is 10.7. The summed E-state index contributed by atoms with van der Waals surface area (Å²) in [6, 6.07) is 1.36. The zero-order chi connectivity index (χ0) is 10.7. The molecule has 2 rings (SSSR count). The largest absolute Gasteiger partial charge is 0.377 e. The molecule has 1 aliphatic heterocycles. The third-order valence-electron chi connectivity index (χ3n) is 3.61. The monoisotopic (exact) mass is 229 g/mol. The molecular formula is C12H23NOS. The van der Waals surface area contributed by atoms with Crippen molar-refractivity contribution in [3.8, 4) is 0 Å². The van der Waals surface area contributed by atoms with Gasteiger partial charge in [0.15, 0.2) is 0 Å². The SMILES string of the molecule is CCSC1CCC(NC2CCOC2C)C1. The molecule has 0 aromatic heterocycles. The van der Waals surface area contributed by atoms with E-state index in [1.165, 1.54) is 31.4 Å². The summed E-state index contributed by atoms with van der Waals surface area (Å²) in [6.07, 6.45) is 5.74. The van der Waals surface area contributed by atoms with Gasteiger partial charge in [0.25, 0.3) is 0 Å². The van der Waals surface area contributed by atoms with Crippen LogP contribution in [0.1, 0.15) is 39.5 Å². The minimum absolute atomic E-state index is 0.419. The molecule has 2 nitrogen and oxygen atoms in total. The highest BCUT2D eigenvalue weighted by Crippen LogP contribution is 2.30. The van der Waals surface area contributed by atoms with Crippen LogP contribution in [-0.4, -0.2) is 35.8 Å². The van der Waals surface area contributed by atoms with Crippen LogP contribution in [-0.2, 0) is 4.74 Å². The van der Waals surface area contributed by atoms with Crippen molar-refractivity contribution in [2.75, 3.05) is 12.4 Å². The second-order valence-electron chi connectivity index (χ2n) is 4.73. The first-order chi connectivity index (χ1) is 7.29. The smallest absolute Gasteiger partial charge is 0.0700 e. The molecule has 0 aromatic rings. The van der Waals surface area contributed by atoms with Crippen molar-refractivity contribution in [1.29, 1.82) is 0 Å². The van der Waals surface area contributed by atoms with Crippen LogP contribution in [0, 0.1) is 0 Å². The highest BCUT2D eigenvalue weighted by atomic mass is 32.2. The van der Waals surface area contributed by atoms with Gasteiger partial charge in [0, 0.05) is 23.9 Å². The van der Waals surface area contributed by atoms with Crippen molar-refractivity contribution in [2.24, 2.45) is 0 Å². The minimum Gasteiger partial charge on any atom is -0.377 e. The van der Waals surface area contributed by atoms with Gasteiger partial charge in [-0.05, 0) is 38.4 Å². The molecule has 4 atom stereocenters. The van der Waals surface area contributed by atoms with Crippen LogP contribution in [0.5, 0.6) is 0 Å². The number of hydrogen-bond donors (Lipinski definition) is 1. The first-order valence-electron chi connectivity index (χ1n) is 6.29. The van der Waals surface area contributed by atoms with Crippen LogP contribution in [0.4, 0.5) is 0 Å². The number of ether oxygens (including phenoxy) is 1. The highest BCUT2D eigenvalue weighted by Gasteiger charge is 2.30. The normalized spacial score (nSPS) is 41.2. The zero-order valence-electron chi connectivity index (χ0n) is 9.87. The van der Waals surface area contributed by atoms with Gasteiger partial charge in [-0.2, -0.15) is 11.8 Å². The van der Waals surface area contributed by atoms with E-state index in [2.05, 4.69) is 30.9 Å². The van der Waals surface area contributed by atoms with Crippen molar-refractivity contribution in [1.82, 2.24) is 5.32 Å². The maximum absolute atomic E-state index is 5.58. The summed E-state index contributed by atoms with van der Waals surface area (Å²) in [5.41, 5.74) is 0. The molecule has 2 fully saturated rings. The molecular weight excluding hydrogens is 206 g/mol. The highest BCUT2D eigenvalue weighted by molar-refractivity contribution is 7.99. The molecule has 2 aliphatic rings. The first-order valence-corrected chi connectivity index (χ1v) is 7.33. The lowest BCUT2D eigenvalue weighted by atomic mass is 10.1. The van der Waals surface area contributed by atoms with E-state index in [0.29, 0.717) is 12.1 Å². The van der Waals surface area contributed by atoms with Crippen molar-refractivity contribution >= 4 is 11.8 Å². The second kappa shape index (κ2) is 5.55. The summed E-state index contributed by atoms with van der Waals surface area (Å²) in [7, 11) is 0. The molecule has 1 saturated carbocycles. The second-order valence-corrected chi connectivity index (χ2v) is 6.30. The van der Waals surface area contributed by atoms with Crippen LogP contribution in [0.25, 0.3) is 0 Å². The van der Waals surface area contributed by atoms with E-state index in [9.17, 15) is 0 Å². The predicted octanol–water partition coefficient (Wildman–Crippen LogP) is 2.43. The lowest BCUT2D eigenvalue weighted by Crippen LogP contribution is -2.40. The molecule has 1 saturated heterocycles. The van der Waals surface area contributed by atoms with Gasteiger partial charge in [0.05, 0.1) is 6.10 Å². The van der Waals surface area contributed by atoms with Crippen LogP contribution in [0.3, 0.4) is 0 Å². The molecule has 0 aromatic carbocycles. The summed E-state index contributed by atoms with van der Waals surface area (Å²) >= 11 is 2.13. The first kappa shape index (κ1) is 11.7. The fraction of sp³-hybridized carbons (Fsp3) is 1.00. The van der Waals surface area contributed by atoms with Gasteiger partial charge >= 0.3 is 0 Å². The molecule has 88 valence electrons. The number of hydrogen-bond acceptors (Lipinski definition) is 3. The molecule has 1 N–H and O–H groups in total. The molecule has 0 amide bonds. The standard InChI is InChI=1S/C12H23NOS/c1-3-15-11-5-4-10(8-11)13-12-6-7-14-9(12)2/h9-13H,3-8H2,1-2H3. The molecule has 0 bridgehead atoms. The Kier molecular flexibility index (Phi) is 4.35. The molecule has 1 aliphatic carbocycles. The lowest BCUT2D eigenvalue weighted by Gasteiger charge is -2.21. The van der Waals surface area contributed by atoms with E-state index in [-0.39, 0.29) is 0 Å². The third kappa shape index (κ3) is 3.11. The molecule has 4 unspecified atom stereocenters. The Morgan fingerprint density at radius 2 is 2.20 bits per heavy atom. The number of thioether (sulfide) groups is 1. The van der Waals surface area contributed by atoms with Crippen molar-refractivity contribution in [3.63, 3.8) is 0 Å².